The molecule has 0 atom stereocenters. The Balaban J connectivity index is 2.28. The number of nitrogen functional groups attached to an aromatic ring is 1. The molecule has 2 heterocycles. The smallest absolute Gasteiger partial charge is 0.232 e. The Hall–Kier alpha value is -1.89. The molecule has 0 spiro atoms. The number of aromatic nitrogens is 3. The van der Waals surface area contributed by atoms with Gasteiger partial charge >= 0.3 is 0 Å². The molecule has 2 rings (SSSR count). The lowest BCUT2D eigenvalue weighted by Crippen LogP contribution is -2.28. The molecule has 0 amide bonds. The monoisotopic (exact) mass is 306 g/mol. The van der Waals surface area contributed by atoms with Crippen LogP contribution in [0.1, 0.15) is 25.6 Å². The van der Waals surface area contributed by atoms with E-state index in [9.17, 15) is 0 Å². The molecule has 2 aromatic heterocycles. The minimum atomic E-state index is 0.270. The molecule has 0 bridgehead atoms. The first-order chi connectivity index (χ1) is 10.2. The zero-order valence-electron chi connectivity index (χ0n) is 12.8. The highest BCUT2D eigenvalue weighted by molar-refractivity contribution is 7.09. The lowest BCUT2D eigenvalue weighted by atomic mass is 10.4. The molecule has 0 aliphatic carbocycles. The van der Waals surface area contributed by atoms with Gasteiger partial charge in [0.1, 0.15) is 0 Å². The van der Waals surface area contributed by atoms with Gasteiger partial charge in [0.25, 0.3) is 0 Å². The molecule has 0 saturated carbocycles. The molecule has 114 valence electrons. The minimum Gasteiger partial charge on any atom is -0.368 e. The molecular weight excluding hydrogens is 284 g/mol. The van der Waals surface area contributed by atoms with Crippen LogP contribution >= 0.6 is 11.3 Å². The summed E-state index contributed by atoms with van der Waals surface area (Å²) in [6.07, 6.45) is 0. The molecule has 7 heteroatoms. The Morgan fingerprint density at radius 2 is 1.62 bits per heavy atom. The maximum absolute atomic E-state index is 5.86. The molecule has 0 aliphatic rings. The summed E-state index contributed by atoms with van der Waals surface area (Å²) < 4.78 is 0. The van der Waals surface area contributed by atoms with Crippen molar-refractivity contribution in [3.8, 4) is 0 Å². The fraction of sp³-hybridized carbons (Fsp3) is 0.500. The van der Waals surface area contributed by atoms with Crippen LogP contribution in [0.3, 0.4) is 0 Å². The van der Waals surface area contributed by atoms with Crippen molar-refractivity contribution in [2.24, 2.45) is 0 Å². The van der Waals surface area contributed by atoms with Gasteiger partial charge in [0, 0.05) is 24.5 Å². The second-order valence-electron chi connectivity index (χ2n) is 4.56. The first kappa shape index (κ1) is 15.5. The first-order valence-electron chi connectivity index (χ1n) is 7.21. The Morgan fingerprint density at radius 1 is 1.00 bits per heavy atom. The molecule has 21 heavy (non-hydrogen) atoms. The van der Waals surface area contributed by atoms with Gasteiger partial charge < -0.3 is 15.5 Å². The van der Waals surface area contributed by atoms with Gasteiger partial charge in [-0.25, -0.2) is 0 Å². The first-order valence-corrected chi connectivity index (χ1v) is 8.09. The zero-order valence-corrected chi connectivity index (χ0v) is 13.6. The van der Waals surface area contributed by atoms with E-state index in [1.165, 1.54) is 4.88 Å². The van der Waals surface area contributed by atoms with Crippen LogP contribution in [0.2, 0.25) is 0 Å². The van der Waals surface area contributed by atoms with Gasteiger partial charge in [0.05, 0.1) is 6.54 Å². The molecule has 2 aromatic rings. The fourth-order valence-electron chi connectivity index (χ4n) is 2.07. The van der Waals surface area contributed by atoms with Crippen LogP contribution in [-0.4, -0.2) is 34.6 Å². The second-order valence-corrected chi connectivity index (χ2v) is 5.59. The third kappa shape index (κ3) is 3.81. The van der Waals surface area contributed by atoms with Crippen LogP contribution in [0.5, 0.6) is 0 Å². The molecule has 0 fully saturated rings. The van der Waals surface area contributed by atoms with Crippen molar-refractivity contribution in [2.45, 2.75) is 27.3 Å². The summed E-state index contributed by atoms with van der Waals surface area (Å²) in [7, 11) is 0. The summed E-state index contributed by atoms with van der Waals surface area (Å²) >= 11 is 1.73. The van der Waals surface area contributed by atoms with Crippen molar-refractivity contribution in [3.63, 3.8) is 0 Å². The maximum atomic E-state index is 5.86. The lowest BCUT2D eigenvalue weighted by Gasteiger charge is -2.23. The molecule has 0 unspecified atom stereocenters. The van der Waals surface area contributed by atoms with Gasteiger partial charge in [-0.05, 0) is 32.2 Å². The Bertz CT molecular complexity index is 553. The summed E-state index contributed by atoms with van der Waals surface area (Å²) in [5.74, 6) is 1.55. The summed E-state index contributed by atoms with van der Waals surface area (Å²) in [6, 6.07) is 4.17. The molecule has 0 radical (unpaired) electrons. The van der Waals surface area contributed by atoms with Crippen molar-refractivity contribution in [2.75, 3.05) is 35.2 Å². The van der Waals surface area contributed by atoms with Gasteiger partial charge in [-0.2, -0.15) is 15.0 Å². The normalized spacial score (nSPS) is 10.6. The largest absolute Gasteiger partial charge is 0.368 e. The van der Waals surface area contributed by atoms with E-state index in [-0.39, 0.29) is 5.95 Å². The Kier molecular flexibility index (Phi) is 5.32. The molecule has 0 aromatic carbocycles. The maximum Gasteiger partial charge on any atom is 0.232 e. The van der Waals surface area contributed by atoms with Crippen LogP contribution < -0.4 is 15.5 Å². The number of nitrogens with zero attached hydrogens (tertiary/aromatic N) is 5. The fourth-order valence-corrected chi connectivity index (χ4v) is 2.79. The van der Waals surface area contributed by atoms with Gasteiger partial charge in [-0.3, -0.25) is 0 Å². The topological polar surface area (TPSA) is 71.2 Å². The number of rotatable bonds is 7. The third-order valence-corrected chi connectivity index (χ3v) is 4.13. The number of nitrogens with two attached hydrogens (primary N) is 1. The van der Waals surface area contributed by atoms with Crippen LogP contribution in [0.15, 0.2) is 17.5 Å². The second kappa shape index (κ2) is 7.21. The standard InChI is InChI=1S/C14H22N6S/c1-4-19(5-2)13-16-12(15)17-14(18-13)20(6-3)10-11-8-7-9-21-11/h7-9H,4-6,10H2,1-3H3,(H2,15,16,17,18). The summed E-state index contributed by atoms with van der Waals surface area (Å²) in [5.41, 5.74) is 5.86. The average Bonchev–Trinajstić information content (AvgIpc) is 2.98. The SMILES string of the molecule is CCN(CC)c1nc(N)nc(N(CC)Cc2cccs2)n1. The van der Waals surface area contributed by atoms with E-state index in [1.807, 2.05) is 0 Å². The third-order valence-electron chi connectivity index (χ3n) is 3.27. The van der Waals surface area contributed by atoms with E-state index in [0.29, 0.717) is 11.9 Å². The predicted octanol–water partition coefficient (Wildman–Crippen LogP) is 2.39. The molecule has 6 nitrogen and oxygen atoms in total. The van der Waals surface area contributed by atoms with Crippen LogP contribution in [0.25, 0.3) is 0 Å². The van der Waals surface area contributed by atoms with Crippen LogP contribution in [0.4, 0.5) is 17.8 Å². The minimum absolute atomic E-state index is 0.270. The number of hydrogen-bond acceptors (Lipinski definition) is 7. The molecule has 0 aliphatic heterocycles. The lowest BCUT2D eigenvalue weighted by molar-refractivity contribution is 0.769. The van der Waals surface area contributed by atoms with Gasteiger partial charge in [0.2, 0.25) is 17.8 Å². The Morgan fingerprint density at radius 3 is 2.14 bits per heavy atom. The van der Waals surface area contributed by atoms with E-state index >= 15 is 0 Å². The van der Waals surface area contributed by atoms with Crippen molar-refractivity contribution < 1.29 is 0 Å². The summed E-state index contributed by atoms with van der Waals surface area (Å²) in [5, 5.41) is 2.08. The highest BCUT2D eigenvalue weighted by Gasteiger charge is 2.14. The van der Waals surface area contributed by atoms with Crippen molar-refractivity contribution in [1.29, 1.82) is 0 Å². The van der Waals surface area contributed by atoms with E-state index < -0.39 is 0 Å². The van der Waals surface area contributed by atoms with Crippen molar-refractivity contribution >= 4 is 29.2 Å². The number of thiophene rings is 1. The van der Waals surface area contributed by atoms with E-state index in [0.717, 1.165) is 26.2 Å². The highest BCUT2D eigenvalue weighted by Crippen LogP contribution is 2.19. The Labute approximate surface area is 129 Å². The van der Waals surface area contributed by atoms with Crippen LogP contribution in [0, 0.1) is 0 Å². The van der Waals surface area contributed by atoms with E-state index in [4.69, 9.17) is 5.73 Å². The predicted molar refractivity (Wildman–Crippen MR) is 88.8 cm³/mol. The van der Waals surface area contributed by atoms with Gasteiger partial charge in [-0.15, -0.1) is 11.3 Å². The zero-order chi connectivity index (χ0) is 15.2. The van der Waals surface area contributed by atoms with Crippen LogP contribution in [-0.2, 0) is 6.54 Å². The summed E-state index contributed by atoms with van der Waals surface area (Å²) in [6.45, 7) is 9.53. The summed E-state index contributed by atoms with van der Waals surface area (Å²) in [4.78, 5) is 18.6. The number of hydrogen-bond donors (Lipinski definition) is 1. The molecule has 0 saturated heterocycles. The molecular formula is C14H22N6S. The van der Waals surface area contributed by atoms with Crippen molar-refractivity contribution in [1.82, 2.24) is 15.0 Å². The quantitative estimate of drug-likeness (QED) is 0.847. The molecule has 2 N–H and O–H groups in total. The van der Waals surface area contributed by atoms with Gasteiger partial charge in [-0.1, -0.05) is 6.07 Å². The highest BCUT2D eigenvalue weighted by atomic mass is 32.1. The van der Waals surface area contributed by atoms with Crippen molar-refractivity contribution in [3.05, 3.63) is 22.4 Å². The average molecular weight is 306 g/mol. The van der Waals surface area contributed by atoms with E-state index in [2.05, 4.69) is 63.0 Å². The van der Waals surface area contributed by atoms with E-state index in [1.54, 1.807) is 11.3 Å². The number of anilines is 3. The van der Waals surface area contributed by atoms with Gasteiger partial charge in [0.15, 0.2) is 0 Å².